The van der Waals surface area contributed by atoms with Crippen molar-refractivity contribution in [2.75, 3.05) is 32.1 Å². The number of rotatable bonds is 8. The molecule has 0 saturated heterocycles. The second-order valence-electron chi connectivity index (χ2n) is 5.84. The van der Waals surface area contributed by atoms with E-state index in [1.807, 2.05) is 6.07 Å². The lowest BCUT2D eigenvalue weighted by atomic mass is 10.1. The second-order valence-corrected chi connectivity index (χ2v) is 5.84. The van der Waals surface area contributed by atoms with Gasteiger partial charge in [-0.2, -0.15) is 0 Å². The van der Waals surface area contributed by atoms with E-state index in [0.717, 1.165) is 24.0 Å². The smallest absolute Gasteiger partial charge is 0.251 e. The van der Waals surface area contributed by atoms with Crippen LogP contribution in [-0.4, -0.2) is 37.7 Å². The average molecular weight is 291 g/mol. The van der Waals surface area contributed by atoms with Crippen molar-refractivity contribution in [2.24, 2.45) is 5.92 Å². The molecule has 1 amide bonds. The number of amides is 1. The van der Waals surface area contributed by atoms with Crippen LogP contribution in [0.3, 0.4) is 0 Å². The Bertz CT molecular complexity index is 484. The number of pyridine rings is 1. The predicted octanol–water partition coefficient (Wildman–Crippen LogP) is 2.40. The van der Waals surface area contributed by atoms with Crippen molar-refractivity contribution in [3.05, 3.63) is 23.4 Å². The number of carbonyl (C=O) groups excluding carboxylic acids is 1. The Morgan fingerprint density at radius 2 is 2.19 bits per heavy atom. The molecule has 2 rings (SSSR count). The molecule has 1 aliphatic carbocycles. The van der Waals surface area contributed by atoms with Crippen molar-refractivity contribution in [1.29, 1.82) is 0 Å². The first-order valence-corrected chi connectivity index (χ1v) is 7.66. The molecule has 116 valence electrons. The van der Waals surface area contributed by atoms with Gasteiger partial charge in [-0.3, -0.25) is 4.79 Å². The van der Waals surface area contributed by atoms with Gasteiger partial charge in [0.25, 0.3) is 5.91 Å². The van der Waals surface area contributed by atoms with Crippen LogP contribution in [0.2, 0.25) is 0 Å². The molecule has 0 atom stereocenters. The number of nitrogens with one attached hydrogen (secondary N) is 2. The van der Waals surface area contributed by atoms with Gasteiger partial charge in [-0.25, -0.2) is 4.98 Å². The average Bonchev–Trinajstić information content (AvgIpc) is 3.30. The van der Waals surface area contributed by atoms with Crippen LogP contribution in [0.5, 0.6) is 0 Å². The molecule has 5 nitrogen and oxygen atoms in total. The Morgan fingerprint density at radius 1 is 1.43 bits per heavy atom. The number of aromatic nitrogens is 1. The molecule has 0 spiro atoms. The summed E-state index contributed by atoms with van der Waals surface area (Å²) in [4.78, 5) is 16.6. The molecular weight excluding hydrogens is 266 g/mol. The summed E-state index contributed by atoms with van der Waals surface area (Å²) < 4.78 is 5.51. The molecule has 2 N–H and O–H groups in total. The van der Waals surface area contributed by atoms with Crippen LogP contribution in [0, 0.1) is 5.92 Å². The van der Waals surface area contributed by atoms with E-state index in [-0.39, 0.29) is 11.8 Å². The van der Waals surface area contributed by atoms with E-state index in [0.29, 0.717) is 18.7 Å². The maximum atomic E-state index is 12.2. The lowest BCUT2D eigenvalue weighted by Crippen LogP contribution is -2.27. The van der Waals surface area contributed by atoms with Gasteiger partial charge in [0.15, 0.2) is 0 Å². The number of nitrogens with zero attached hydrogens (tertiary/aromatic N) is 1. The molecule has 1 heterocycles. The molecule has 1 saturated carbocycles. The molecule has 1 aromatic rings. The highest BCUT2D eigenvalue weighted by molar-refractivity contribution is 5.95. The summed E-state index contributed by atoms with van der Waals surface area (Å²) in [6.45, 7) is 6.07. The van der Waals surface area contributed by atoms with Gasteiger partial charge in [0.2, 0.25) is 0 Å². The summed E-state index contributed by atoms with van der Waals surface area (Å²) in [6.07, 6.45) is 2.57. The fourth-order valence-electron chi connectivity index (χ4n) is 1.98. The van der Waals surface area contributed by atoms with Gasteiger partial charge in [-0.15, -0.1) is 0 Å². The summed E-state index contributed by atoms with van der Waals surface area (Å²) in [7, 11) is 1.81. The van der Waals surface area contributed by atoms with E-state index in [2.05, 4.69) is 29.5 Å². The maximum absolute atomic E-state index is 12.2. The molecule has 5 heteroatoms. The highest BCUT2D eigenvalue weighted by atomic mass is 16.5. The Kier molecular flexibility index (Phi) is 5.56. The van der Waals surface area contributed by atoms with E-state index in [1.165, 1.54) is 12.8 Å². The van der Waals surface area contributed by atoms with Crippen molar-refractivity contribution in [3.8, 4) is 0 Å². The Hall–Kier alpha value is -1.62. The van der Waals surface area contributed by atoms with Crippen molar-refractivity contribution < 1.29 is 9.53 Å². The summed E-state index contributed by atoms with van der Waals surface area (Å²) in [5.41, 5.74) is 1.55. The fraction of sp³-hybridized carbons (Fsp3) is 0.625. The van der Waals surface area contributed by atoms with Gasteiger partial charge < -0.3 is 15.4 Å². The van der Waals surface area contributed by atoms with Crippen molar-refractivity contribution >= 4 is 11.7 Å². The van der Waals surface area contributed by atoms with Crippen molar-refractivity contribution in [3.63, 3.8) is 0 Å². The number of anilines is 1. The van der Waals surface area contributed by atoms with Crippen LogP contribution in [0.1, 0.15) is 48.7 Å². The van der Waals surface area contributed by atoms with Gasteiger partial charge in [-0.1, -0.05) is 13.8 Å². The Balaban J connectivity index is 1.86. The molecule has 1 aromatic heterocycles. The minimum absolute atomic E-state index is 0.0779. The third-order valence-electron chi connectivity index (χ3n) is 3.54. The normalized spacial score (nSPS) is 14.3. The lowest BCUT2D eigenvalue weighted by Gasteiger charge is -2.11. The Labute approximate surface area is 126 Å². The first-order chi connectivity index (χ1) is 10.1. The fourth-order valence-corrected chi connectivity index (χ4v) is 1.98. The second kappa shape index (κ2) is 7.41. The minimum Gasteiger partial charge on any atom is -0.379 e. The standard InChI is InChI=1S/C16H25N3O2/c1-11(2)14-8-13(9-15(17-3)19-14)16(20)18-6-7-21-10-12-4-5-12/h8-9,11-12H,4-7,10H2,1-3H3,(H,17,19)(H,18,20). The highest BCUT2D eigenvalue weighted by Crippen LogP contribution is 2.28. The summed E-state index contributed by atoms with van der Waals surface area (Å²) in [5.74, 6) is 1.68. The van der Waals surface area contributed by atoms with Crippen LogP contribution in [0.15, 0.2) is 12.1 Å². The first-order valence-electron chi connectivity index (χ1n) is 7.66. The summed E-state index contributed by atoms with van der Waals surface area (Å²) >= 11 is 0. The van der Waals surface area contributed by atoms with Crippen molar-refractivity contribution in [1.82, 2.24) is 10.3 Å². The van der Waals surface area contributed by atoms with E-state index in [1.54, 1.807) is 13.1 Å². The third-order valence-corrected chi connectivity index (χ3v) is 3.54. The van der Waals surface area contributed by atoms with E-state index in [9.17, 15) is 4.79 Å². The van der Waals surface area contributed by atoms with Crippen LogP contribution >= 0.6 is 0 Å². The van der Waals surface area contributed by atoms with E-state index >= 15 is 0 Å². The number of carbonyl (C=O) groups is 1. The summed E-state index contributed by atoms with van der Waals surface area (Å²) in [6, 6.07) is 3.62. The van der Waals surface area contributed by atoms with Crippen LogP contribution in [0.25, 0.3) is 0 Å². The monoisotopic (exact) mass is 291 g/mol. The third kappa shape index (κ3) is 5.01. The van der Waals surface area contributed by atoms with Crippen LogP contribution < -0.4 is 10.6 Å². The van der Waals surface area contributed by atoms with E-state index < -0.39 is 0 Å². The minimum atomic E-state index is -0.0779. The molecule has 0 aliphatic heterocycles. The molecule has 0 bridgehead atoms. The molecule has 21 heavy (non-hydrogen) atoms. The van der Waals surface area contributed by atoms with Crippen LogP contribution in [0.4, 0.5) is 5.82 Å². The van der Waals surface area contributed by atoms with Crippen molar-refractivity contribution in [2.45, 2.75) is 32.6 Å². The van der Waals surface area contributed by atoms with Gasteiger partial charge in [-0.05, 0) is 36.8 Å². The first kappa shape index (κ1) is 15.8. The zero-order chi connectivity index (χ0) is 15.2. The molecular formula is C16H25N3O2. The topological polar surface area (TPSA) is 63.2 Å². The number of hydrogen-bond donors (Lipinski definition) is 2. The highest BCUT2D eigenvalue weighted by Gasteiger charge is 2.20. The molecule has 0 radical (unpaired) electrons. The van der Waals surface area contributed by atoms with Gasteiger partial charge >= 0.3 is 0 Å². The Morgan fingerprint density at radius 3 is 2.81 bits per heavy atom. The molecule has 1 aliphatic rings. The van der Waals surface area contributed by atoms with Gasteiger partial charge in [0.1, 0.15) is 5.82 Å². The molecule has 1 fully saturated rings. The quantitative estimate of drug-likeness (QED) is 0.722. The van der Waals surface area contributed by atoms with E-state index in [4.69, 9.17) is 4.74 Å². The van der Waals surface area contributed by atoms with Crippen LogP contribution in [-0.2, 0) is 4.74 Å². The van der Waals surface area contributed by atoms with Gasteiger partial charge in [0, 0.05) is 31.5 Å². The predicted molar refractivity (Wildman–Crippen MR) is 83.7 cm³/mol. The SMILES string of the molecule is CNc1cc(C(=O)NCCOCC2CC2)cc(C(C)C)n1. The zero-order valence-electron chi connectivity index (χ0n) is 13.1. The van der Waals surface area contributed by atoms with Gasteiger partial charge in [0.05, 0.1) is 6.61 Å². The number of hydrogen-bond acceptors (Lipinski definition) is 4. The maximum Gasteiger partial charge on any atom is 0.251 e. The molecule has 0 unspecified atom stereocenters. The zero-order valence-corrected chi connectivity index (χ0v) is 13.1. The largest absolute Gasteiger partial charge is 0.379 e. The lowest BCUT2D eigenvalue weighted by molar-refractivity contribution is 0.0906. The summed E-state index contributed by atoms with van der Waals surface area (Å²) in [5, 5.41) is 5.89. The number of ether oxygens (including phenoxy) is 1. The molecule has 0 aromatic carbocycles.